The SMILES string of the molecule is FC(F)(F)C=C[SiH3]. The van der Waals surface area contributed by atoms with Crippen molar-refractivity contribution >= 4 is 10.2 Å². The molecule has 4 heteroatoms. The van der Waals surface area contributed by atoms with Crippen molar-refractivity contribution in [2.75, 3.05) is 0 Å². The van der Waals surface area contributed by atoms with Gasteiger partial charge in [-0.1, -0.05) is 0 Å². The van der Waals surface area contributed by atoms with Gasteiger partial charge in [0.05, 0.1) is 0 Å². The fourth-order valence-corrected chi connectivity index (χ4v) is 0.567. The van der Waals surface area contributed by atoms with E-state index in [2.05, 4.69) is 0 Å². The molecule has 0 fully saturated rings. The van der Waals surface area contributed by atoms with Gasteiger partial charge in [0.2, 0.25) is 0 Å². The number of hydrogen-bond acceptors (Lipinski definition) is 0. The quantitative estimate of drug-likeness (QED) is 0.413. The molecule has 0 aliphatic rings. The zero-order chi connectivity index (χ0) is 5.91. The first kappa shape index (κ1) is 6.75. The lowest BCUT2D eigenvalue weighted by atomic mass is 10.6. The Morgan fingerprint density at radius 3 is 1.71 bits per heavy atom. The third kappa shape index (κ3) is 5.75. The van der Waals surface area contributed by atoms with E-state index in [4.69, 9.17) is 0 Å². The molecular formula is C3H5F3Si. The van der Waals surface area contributed by atoms with Crippen LogP contribution in [0.5, 0.6) is 0 Å². The third-order valence-corrected chi connectivity index (χ3v) is 0.689. The molecule has 0 rings (SSSR count). The van der Waals surface area contributed by atoms with Crippen molar-refractivity contribution in [3.8, 4) is 0 Å². The Hall–Kier alpha value is -0.253. The van der Waals surface area contributed by atoms with E-state index in [9.17, 15) is 13.2 Å². The number of allylic oxidation sites excluding steroid dienone is 1. The monoisotopic (exact) mass is 126 g/mol. The van der Waals surface area contributed by atoms with Crippen molar-refractivity contribution in [1.82, 2.24) is 0 Å². The molecular weight excluding hydrogens is 121 g/mol. The Balaban J connectivity index is 3.56. The summed E-state index contributed by atoms with van der Waals surface area (Å²) in [6.45, 7) is 0. The minimum absolute atomic E-state index is 0.249. The van der Waals surface area contributed by atoms with Crippen LogP contribution in [0.4, 0.5) is 13.2 Å². The first-order valence-corrected chi connectivity index (χ1v) is 2.92. The summed E-state index contributed by atoms with van der Waals surface area (Å²) in [6.07, 6.45) is -3.85. The Labute approximate surface area is 42.4 Å². The van der Waals surface area contributed by atoms with Crippen LogP contribution >= 0.6 is 0 Å². The highest BCUT2D eigenvalue weighted by atomic mass is 28.1. The van der Waals surface area contributed by atoms with E-state index in [0.29, 0.717) is 10.2 Å². The van der Waals surface area contributed by atoms with Crippen LogP contribution < -0.4 is 0 Å². The topological polar surface area (TPSA) is 0 Å². The molecule has 0 amide bonds. The molecule has 7 heavy (non-hydrogen) atoms. The molecule has 0 aromatic carbocycles. The van der Waals surface area contributed by atoms with Gasteiger partial charge in [0, 0.05) is 16.3 Å². The van der Waals surface area contributed by atoms with Gasteiger partial charge in [-0.05, 0) is 0 Å². The summed E-state index contributed by atoms with van der Waals surface area (Å²) in [5, 5.41) is 0. The van der Waals surface area contributed by atoms with E-state index in [1.54, 1.807) is 0 Å². The zero-order valence-corrected chi connectivity index (χ0v) is 5.79. The smallest absolute Gasteiger partial charge is 0.167 e. The summed E-state index contributed by atoms with van der Waals surface area (Å²) >= 11 is 0. The van der Waals surface area contributed by atoms with E-state index in [-0.39, 0.29) is 6.08 Å². The summed E-state index contributed by atoms with van der Waals surface area (Å²) in [6, 6.07) is 0. The van der Waals surface area contributed by atoms with Crippen LogP contribution in [0.3, 0.4) is 0 Å². The highest BCUT2D eigenvalue weighted by Crippen LogP contribution is 2.14. The molecule has 0 unspecified atom stereocenters. The van der Waals surface area contributed by atoms with Crippen molar-refractivity contribution in [1.29, 1.82) is 0 Å². The van der Waals surface area contributed by atoms with Crippen molar-refractivity contribution in [2.24, 2.45) is 0 Å². The maximum Gasteiger partial charge on any atom is 0.409 e. The van der Waals surface area contributed by atoms with Crippen LogP contribution in [0.1, 0.15) is 0 Å². The summed E-state index contributed by atoms with van der Waals surface area (Å²) in [4.78, 5) is 0. The molecule has 0 aromatic rings. The van der Waals surface area contributed by atoms with Crippen molar-refractivity contribution in [3.05, 3.63) is 11.8 Å². The molecule has 0 N–H and O–H groups in total. The Kier molecular flexibility index (Phi) is 2.08. The Morgan fingerprint density at radius 2 is 1.71 bits per heavy atom. The van der Waals surface area contributed by atoms with Crippen LogP contribution in [-0.4, -0.2) is 16.4 Å². The molecule has 0 atom stereocenters. The Bertz CT molecular complexity index is 72.7. The maximum atomic E-state index is 11.0. The standard InChI is InChI=1S/C3H5F3Si/c4-3(5,6)1-2-7/h1-2H,7H3. The van der Waals surface area contributed by atoms with Gasteiger partial charge in [0.1, 0.15) is 0 Å². The molecule has 0 heterocycles. The van der Waals surface area contributed by atoms with Crippen molar-refractivity contribution < 1.29 is 13.2 Å². The zero-order valence-electron chi connectivity index (χ0n) is 3.79. The predicted octanol–water partition coefficient (Wildman–Crippen LogP) is 0.428. The highest BCUT2D eigenvalue weighted by molar-refractivity contribution is 6.17. The molecule has 0 nitrogen and oxygen atoms in total. The van der Waals surface area contributed by atoms with E-state index >= 15 is 0 Å². The lowest BCUT2D eigenvalue weighted by Crippen LogP contribution is -1.99. The number of halogens is 3. The van der Waals surface area contributed by atoms with E-state index in [1.807, 2.05) is 0 Å². The molecule has 0 spiro atoms. The largest absolute Gasteiger partial charge is 0.409 e. The van der Waals surface area contributed by atoms with Gasteiger partial charge < -0.3 is 0 Å². The van der Waals surface area contributed by atoms with E-state index in [1.165, 1.54) is 0 Å². The van der Waals surface area contributed by atoms with Crippen LogP contribution in [0.25, 0.3) is 0 Å². The normalized spacial score (nSPS) is 13.6. The lowest BCUT2D eigenvalue weighted by molar-refractivity contribution is -0.0796. The van der Waals surface area contributed by atoms with Gasteiger partial charge in [-0.25, -0.2) is 0 Å². The fourth-order valence-electron chi connectivity index (χ4n) is 0.189. The average Bonchev–Trinajstić information content (AvgIpc) is 1.30. The lowest BCUT2D eigenvalue weighted by Gasteiger charge is -1.93. The number of hydrogen-bond donors (Lipinski definition) is 0. The highest BCUT2D eigenvalue weighted by Gasteiger charge is 2.20. The number of rotatable bonds is 0. The molecule has 42 valence electrons. The van der Waals surface area contributed by atoms with Gasteiger partial charge >= 0.3 is 6.18 Å². The second-order valence-electron chi connectivity index (χ2n) is 1.04. The van der Waals surface area contributed by atoms with Crippen LogP contribution in [0.2, 0.25) is 0 Å². The summed E-state index contributed by atoms with van der Waals surface area (Å²) in [7, 11) is 0.469. The van der Waals surface area contributed by atoms with Crippen molar-refractivity contribution in [2.45, 2.75) is 6.18 Å². The van der Waals surface area contributed by atoms with E-state index in [0.717, 1.165) is 5.70 Å². The first-order chi connectivity index (χ1) is 3.06. The van der Waals surface area contributed by atoms with Gasteiger partial charge in [0.15, 0.2) is 0 Å². The second kappa shape index (κ2) is 2.16. The molecule has 0 aliphatic heterocycles. The molecule has 0 radical (unpaired) electrons. The summed E-state index contributed by atoms with van der Waals surface area (Å²) in [5.74, 6) is 0. The van der Waals surface area contributed by atoms with Crippen LogP contribution in [0.15, 0.2) is 11.8 Å². The molecule has 0 aromatic heterocycles. The van der Waals surface area contributed by atoms with E-state index < -0.39 is 6.18 Å². The molecule has 0 aliphatic carbocycles. The second-order valence-corrected chi connectivity index (χ2v) is 1.71. The van der Waals surface area contributed by atoms with Crippen LogP contribution in [0, 0.1) is 0 Å². The minimum atomic E-state index is -4.10. The summed E-state index contributed by atoms with van der Waals surface area (Å²) in [5.41, 5.74) is 1.10. The van der Waals surface area contributed by atoms with Crippen LogP contribution in [-0.2, 0) is 0 Å². The maximum absolute atomic E-state index is 11.0. The van der Waals surface area contributed by atoms with Crippen molar-refractivity contribution in [3.63, 3.8) is 0 Å². The minimum Gasteiger partial charge on any atom is -0.167 e. The van der Waals surface area contributed by atoms with Gasteiger partial charge in [-0.2, -0.15) is 13.2 Å². The van der Waals surface area contributed by atoms with Gasteiger partial charge in [-0.15, -0.1) is 5.70 Å². The fraction of sp³-hybridized carbons (Fsp3) is 0.333. The Morgan fingerprint density at radius 1 is 1.29 bits per heavy atom. The third-order valence-electron chi connectivity index (χ3n) is 0.356. The van der Waals surface area contributed by atoms with Gasteiger partial charge in [-0.3, -0.25) is 0 Å². The molecule has 0 saturated heterocycles. The first-order valence-electron chi connectivity index (χ1n) is 1.77. The summed E-state index contributed by atoms with van der Waals surface area (Å²) < 4.78 is 33.0. The predicted molar refractivity (Wildman–Crippen MR) is 25.1 cm³/mol. The molecule has 0 saturated carbocycles. The average molecular weight is 126 g/mol. The molecule has 0 bridgehead atoms. The number of alkyl halides is 3. The van der Waals surface area contributed by atoms with Gasteiger partial charge in [0.25, 0.3) is 0 Å².